The minimum absolute atomic E-state index is 0.0337. The van der Waals surface area contributed by atoms with Crippen molar-refractivity contribution in [2.45, 2.75) is 226 Å². The molecule has 1 heterocycles. The maximum Gasteiger partial charge on any atom is 0.342 e. The van der Waals surface area contributed by atoms with Crippen LogP contribution in [0.15, 0.2) is 72.8 Å². The van der Waals surface area contributed by atoms with E-state index >= 15 is 4.79 Å². The Hall–Kier alpha value is -6.92. The predicted molar refractivity (Wildman–Crippen MR) is 350 cm³/mol. The molecule has 18 nitrogen and oxygen atoms in total. The monoisotopic (exact) mass is 1270 g/mol. The summed E-state index contributed by atoms with van der Waals surface area (Å²) >= 11 is 0. The van der Waals surface area contributed by atoms with E-state index < -0.39 is 67.8 Å². The third-order valence-corrected chi connectivity index (χ3v) is 15.7. The van der Waals surface area contributed by atoms with Crippen LogP contribution in [0.5, 0.6) is 46.0 Å². The number of benzene rings is 4. The van der Waals surface area contributed by atoms with E-state index in [4.69, 9.17) is 67.7 Å². The molecule has 6 atom stereocenters. The van der Waals surface area contributed by atoms with Gasteiger partial charge in [-0.15, -0.1) is 0 Å². The number of ether oxygens (including phenoxy) is 14. The Labute approximate surface area is 543 Å². The lowest BCUT2D eigenvalue weighted by molar-refractivity contribution is -0.298. The molecule has 0 spiro atoms. The van der Waals surface area contributed by atoms with Gasteiger partial charge in [0.1, 0.15) is 81.0 Å². The van der Waals surface area contributed by atoms with E-state index in [0.29, 0.717) is 49.4 Å². The molecule has 1 fully saturated rings. The van der Waals surface area contributed by atoms with Crippen LogP contribution in [0.2, 0.25) is 0 Å². The highest BCUT2D eigenvalue weighted by Crippen LogP contribution is 2.37. The van der Waals surface area contributed by atoms with Crippen molar-refractivity contribution in [2.24, 2.45) is 0 Å². The summed E-state index contributed by atoms with van der Waals surface area (Å²) in [7, 11) is 5.60. The summed E-state index contributed by atoms with van der Waals surface area (Å²) in [6.45, 7) is 10.2. The SMILES string of the molecule is [2H]C(CC)OC1O[C@H](COC(=O)c2ccc(OCCCCCCCC)cc2OC)[C@@H](OC(=O)c2ccc(OCCCCCCCC)cc2OC)[C@H](OC(=O)c2ccc(OCCCCCCCC)cc2OC)[C@H]1OC(=O)c1ccc(OCCCCCCCC)cc1OC. The average Bonchev–Trinajstić information content (AvgIpc) is 0.784. The lowest BCUT2D eigenvalue weighted by Gasteiger charge is -2.44. The van der Waals surface area contributed by atoms with E-state index in [1.165, 1.54) is 84.8 Å². The quantitative estimate of drug-likeness (QED) is 0.0230. The lowest BCUT2D eigenvalue weighted by Crippen LogP contribution is -2.63. The largest absolute Gasteiger partial charge is 0.496 e. The molecule has 0 saturated carbocycles. The Morgan fingerprint density at radius 3 is 0.989 bits per heavy atom. The summed E-state index contributed by atoms with van der Waals surface area (Å²) in [5, 5.41) is 0. The van der Waals surface area contributed by atoms with Crippen LogP contribution in [0.3, 0.4) is 0 Å². The molecule has 0 radical (unpaired) electrons. The fourth-order valence-electron chi connectivity index (χ4n) is 10.5. The van der Waals surface area contributed by atoms with Crippen LogP contribution in [0, 0.1) is 0 Å². The second-order valence-electron chi connectivity index (χ2n) is 22.9. The molecule has 1 aliphatic rings. The zero-order valence-corrected chi connectivity index (χ0v) is 56.0. The molecule has 0 amide bonds. The minimum atomic E-state index is -1.84. The Kier molecular flexibility index (Phi) is 35.2. The van der Waals surface area contributed by atoms with E-state index in [-0.39, 0.29) is 51.7 Å². The number of methoxy groups -OCH3 is 4. The van der Waals surface area contributed by atoms with Gasteiger partial charge in [-0.1, -0.05) is 163 Å². The van der Waals surface area contributed by atoms with Crippen LogP contribution in [-0.4, -0.2) is 123 Å². The predicted octanol–water partition coefficient (Wildman–Crippen LogP) is 16.7. The molecule has 4 aromatic rings. The first-order valence-electron chi connectivity index (χ1n) is 34.2. The molecule has 0 bridgehead atoms. The van der Waals surface area contributed by atoms with Crippen LogP contribution in [0.25, 0.3) is 0 Å². The number of unbranched alkanes of at least 4 members (excludes halogenated alkanes) is 20. The molecule has 5 rings (SSSR count). The maximum atomic E-state index is 15.1. The summed E-state index contributed by atoms with van der Waals surface area (Å²) in [6.07, 6.45) is 17.2. The van der Waals surface area contributed by atoms with E-state index in [2.05, 4.69) is 27.7 Å². The standard InChI is InChI=1S/C73H106O18/c1-10-15-19-23-27-31-44-82-53-35-39-57(61(48-53)78-6)69(74)87-52-65-66(89-70(75)58-40-36-54(49-62(58)79-7)83-45-32-28-24-20-16-11-2)67(90-71(76)59-41-37-55(50-63(59)80-8)84-46-33-29-25-21-17-12-3)68(73(88-65)86-43-14-5)91-72(77)60-42-38-56(51-64(60)81-9)85-47-34-30-26-22-18-13-4/h35-42,48-51,65-68,73H,10-34,43-47,52H2,1-9H3/t65-,66-,67+,68-,73?/m1/s1/i43D/t43?,65-,66-,67+,68-,73?. The van der Waals surface area contributed by atoms with Gasteiger partial charge in [0.15, 0.2) is 24.6 Å². The molecule has 4 aromatic carbocycles. The third-order valence-electron chi connectivity index (χ3n) is 15.7. The van der Waals surface area contributed by atoms with Crippen LogP contribution in [0.4, 0.5) is 0 Å². The first kappa shape index (κ1) is 73.1. The van der Waals surface area contributed by atoms with Crippen LogP contribution < -0.4 is 37.9 Å². The van der Waals surface area contributed by atoms with Crippen molar-refractivity contribution < 1.29 is 86.9 Å². The molecule has 0 aromatic heterocycles. The molecule has 0 aliphatic carbocycles. The highest BCUT2D eigenvalue weighted by atomic mass is 16.7. The number of hydrogen-bond acceptors (Lipinski definition) is 18. The topological polar surface area (TPSA) is 197 Å². The van der Waals surface area contributed by atoms with E-state index in [0.717, 1.165) is 122 Å². The normalized spacial score (nSPS) is 16.6. The second kappa shape index (κ2) is 43.8. The average molecular weight is 1270 g/mol. The zero-order valence-electron chi connectivity index (χ0n) is 57.0. The number of carbonyl (C=O) groups is 4. The molecule has 2 unspecified atom stereocenters. The van der Waals surface area contributed by atoms with Crippen molar-refractivity contribution in [3.8, 4) is 46.0 Å². The summed E-state index contributed by atoms with van der Waals surface area (Å²) in [4.78, 5) is 59.3. The molecule has 18 heteroatoms. The lowest BCUT2D eigenvalue weighted by atomic mass is 9.97. The number of esters is 4. The molecular weight excluding hydrogens is 1160 g/mol. The van der Waals surface area contributed by atoms with E-state index in [9.17, 15) is 14.4 Å². The Balaban J connectivity index is 1.57. The van der Waals surface area contributed by atoms with Crippen molar-refractivity contribution in [3.63, 3.8) is 0 Å². The molecule has 1 aliphatic heterocycles. The van der Waals surface area contributed by atoms with Crippen molar-refractivity contribution >= 4 is 23.9 Å². The third kappa shape index (κ3) is 25.6. The van der Waals surface area contributed by atoms with Gasteiger partial charge in [0.05, 0.1) is 56.2 Å². The fourth-order valence-corrected chi connectivity index (χ4v) is 10.5. The van der Waals surface area contributed by atoms with Gasteiger partial charge in [-0.3, -0.25) is 0 Å². The molecule has 1 saturated heterocycles. The van der Waals surface area contributed by atoms with Crippen LogP contribution in [0.1, 0.15) is 238 Å². The van der Waals surface area contributed by atoms with Crippen LogP contribution >= 0.6 is 0 Å². The van der Waals surface area contributed by atoms with Gasteiger partial charge in [0.2, 0.25) is 0 Å². The van der Waals surface area contributed by atoms with Gasteiger partial charge < -0.3 is 66.3 Å². The van der Waals surface area contributed by atoms with Crippen molar-refractivity contribution in [1.82, 2.24) is 0 Å². The van der Waals surface area contributed by atoms with Gasteiger partial charge in [-0.2, -0.15) is 0 Å². The van der Waals surface area contributed by atoms with Crippen molar-refractivity contribution in [2.75, 3.05) is 68.1 Å². The van der Waals surface area contributed by atoms with Gasteiger partial charge >= 0.3 is 23.9 Å². The first-order valence-corrected chi connectivity index (χ1v) is 33.6. The van der Waals surface area contributed by atoms with Gasteiger partial charge in [0.25, 0.3) is 0 Å². The molecular formula is C73H106O18. The molecule has 0 N–H and O–H groups in total. The molecule has 506 valence electrons. The number of rotatable bonds is 48. The summed E-state index contributed by atoms with van der Waals surface area (Å²) < 4.78 is 94.4. The maximum absolute atomic E-state index is 15.1. The van der Waals surface area contributed by atoms with Gasteiger partial charge in [-0.05, 0) is 80.6 Å². The van der Waals surface area contributed by atoms with Gasteiger partial charge in [-0.25, -0.2) is 19.2 Å². The summed E-state index contributed by atoms with van der Waals surface area (Å²) in [5.41, 5.74) is -0.155. The zero-order chi connectivity index (χ0) is 66.3. The fraction of sp³-hybridized carbons (Fsp3) is 0.616. The Morgan fingerprint density at radius 2 is 0.670 bits per heavy atom. The number of carbonyl (C=O) groups excluding carboxylic acids is 4. The second-order valence-corrected chi connectivity index (χ2v) is 22.9. The van der Waals surface area contributed by atoms with Crippen molar-refractivity contribution in [3.05, 3.63) is 95.1 Å². The highest BCUT2D eigenvalue weighted by molar-refractivity contribution is 5.95. The Bertz CT molecular complexity index is 2770. The summed E-state index contributed by atoms with van der Waals surface area (Å²) in [5.74, 6) is -1.58. The van der Waals surface area contributed by atoms with Crippen molar-refractivity contribution in [1.29, 1.82) is 0 Å². The van der Waals surface area contributed by atoms with Crippen LogP contribution in [-0.2, 0) is 28.4 Å². The Morgan fingerprint density at radius 1 is 0.374 bits per heavy atom. The smallest absolute Gasteiger partial charge is 0.342 e. The number of hydrogen-bond donors (Lipinski definition) is 0. The van der Waals surface area contributed by atoms with E-state index in [1.54, 1.807) is 55.5 Å². The molecule has 91 heavy (non-hydrogen) atoms. The first-order chi connectivity index (χ1) is 44.9. The summed E-state index contributed by atoms with van der Waals surface area (Å²) in [6, 6.07) is 18.7. The van der Waals surface area contributed by atoms with Gasteiger partial charge in [0, 0.05) is 30.8 Å². The highest BCUT2D eigenvalue weighted by Gasteiger charge is 2.54. The van der Waals surface area contributed by atoms with E-state index in [1.807, 2.05) is 0 Å². The minimum Gasteiger partial charge on any atom is -0.496 e.